The van der Waals surface area contributed by atoms with Crippen molar-refractivity contribution < 1.29 is 0 Å². The largest absolute Gasteiger partial charge is 0.307 e. The maximum absolute atomic E-state index is 3.84. The van der Waals surface area contributed by atoms with Crippen LogP contribution < -0.4 is 5.32 Å². The van der Waals surface area contributed by atoms with Gasteiger partial charge in [0.25, 0.3) is 0 Å². The molecule has 1 saturated carbocycles. The van der Waals surface area contributed by atoms with Gasteiger partial charge in [-0.05, 0) is 50.0 Å². The molecule has 1 aromatic carbocycles. The van der Waals surface area contributed by atoms with E-state index in [1.165, 1.54) is 30.4 Å². The van der Waals surface area contributed by atoms with E-state index in [0.717, 1.165) is 5.92 Å². The zero-order valence-corrected chi connectivity index (χ0v) is 13.2. The summed E-state index contributed by atoms with van der Waals surface area (Å²) in [4.78, 5) is 0. The molecule has 1 aromatic rings. The molecule has 19 heavy (non-hydrogen) atoms. The molecule has 1 aliphatic carbocycles. The Hall–Kier alpha value is -0.820. The van der Waals surface area contributed by atoms with Crippen molar-refractivity contribution in [1.29, 1.82) is 0 Å². The Kier molecular flexibility index (Phi) is 4.35. The highest BCUT2D eigenvalue weighted by Crippen LogP contribution is 2.39. The van der Waals surface area contributed by atoms with Crippen molar-refractivity contribution in [2.75, 3.05) is 0 Å². The number of nitrogens with one attached hydrogen (secondary N) is 1. The van der Waals surface area contributed by atoms with Crippen molar-refractivity contribution in [3.63, 3.8) is 0 Å². The molecular formula is C18H29N. The maximum atomic E-state index is 3.84. The van der Waals surface area contributed by atoms with Gasteiger partial charge in [-0.1, -0.05) is 50.6 Å². The molecule has 0 heterocycles. The summed E-state index contributed by atoms with van der Waals surface area (Å²) in [5, 5.41) is 3.84. The van der Waals surface area contributed by atoms with Crippen LogP contribution in [0.4, 0.5) is 0 Å². The van der Waals surface area contributed by atoms with E-state index in [-0.39, 0.29) is 0 Å². The first-order chi connectivity index (χ1) is 8.85. The van der Waals surface area contributed by atoms with Crippen LogP contribution in [0.2, 0.25) is 0 Å². The molecule has 1 nitrogen and oxygen atoms in total. The lowest BCUT2D eigenvalue weighted by molar-refractivity contribution is 0.145. The molecule has 0 aromatic heterocycles. The Morgan fingerprint density at radius 2 is 1.79 bits per heavy atom. The van der Waals surface area contributed by atoms with Crippen LogP contribution in [-0.2, 0) is 0 Å². The van der Waals surface area contributed by atoms with Crippen LogP contribution in [0.25, 0.3) is 0 Å². The van der Waals surface area contributed by atoms with E-state index in [2.05, 4.69) is 64.2 Å². The minimum Gasteiger partial charge on any atom is -0.307 e. The molecule has 0 bridgehead atoms. The van der Waals surface area contributed by atoms with Gasteiger partial charge in [-0.3, -0.25) is 0 Å². The van der Waals surface area contributed by atoms with Crippen LogP contribution in [0, 0.1) is 18.3 Å². The lowest BCUT2D eigenvalue weighted by atomic mass is 9.70. The van der Waals surface area contributed by atoms with E-state index < -0.39 is 0 Å². The van der Waals surface area contributed by atoms with Crippen molar-refractivity contribution in [2.24, 2.45) is 11.3 Å². The van der Waals surface area contributed by atoms with Crippen molar-refractivity contribution in [2.45, 2.75) is 66.0 Å². The van der Waals surface area contributed by atoms with Gasteiger partial charge >= 0.3 is 0 Å². The Bertz CT molecular complexity index is 404. The summed E-state index contributed by atoms with van der Waals surface area (Å²) in [6.07, 6.45) is 3.98. The summed E-state index contributed by atoms with van der Waals surface area (Å²) in [7, 11) is 0. The second-order valence-electron chi connectivity index (χ2n) is 7.41. The van der Waals surface area contributed by atoms with Gasteiger partial charge in [-0.15, -0.1) is 0 Å². The fourth-order valence-electron chi connectivity index (χ4n) is 3.78. The van der Waals surface area contributed by atoms with Gasteiger partial charge in [-0.25, -0.2) is 0 Å². The van der Waals surface area contributed by atoms with Gasteiger partial charge in [-0.2, -0.15) is 0 Å². The molecule has 0 saturated heterocycles. The van der Waals surface area contributed by atoms with Gasteiger partial charge < -0.3 is 5.32 Å². The van der Waals surface area contributed by atoms with Crippen molar-refractivity contribution in [3.8, 4) is 0 Å². The van der Waals surface area contributed by atoms with E-state index in [1.54, 1.807) is 0 Å². The van der Waals surface area contributed by atoms with E-state index in [1.807, 2.05) is 0 Å². The molecule has 1 aliphatic rings. The molecular weight excluding hydrogens is 230 g/mol. The average molecular weight is 259 g/mol. The van der Waals surface area contributed by atoms with Gasteiger partial charge in [0.1, 0.15) is 0 Å². The highest BCUT2D eigenvalue weighted by Gasteiger charge is 2.32. The minimum atomic E-state index is 0.451. The van der Waals surface area contributed by atoms with E-state index >= 15 is 0 Å². The van der Waals surface area contributed by atoms with Crippen molar-refractivity contribution in [1.82, 2.24) is 5.32 Å². The highest BCUT2D eigenvalue weighted by atomic mass is 14.9. The van der Waals surface area contributed by atoms with Gasteiger partial charge in [0.05, 0.1) is 0 Å². The van der Waals surface area contributed by atoms with E-state index in [0.29, 0.717) is 17.5 Å². The van der Waals surface area contributed by atoms with Gasteiger partial charge in [0.2, 0.25) is 0 Å². The van der Waals surface area contributed by atoms with Crippen LogP contribution in [0.15, 0.2) is 24.3 Å². The third-order valence-electron chi connectivity index (χ3n) is 4.45. The summed E-state index contributed by atoms with van der Waals surface area (Å²) in [6.45, 7) is 11.7. The first kappa shape index (κ1) is 14.6. The monoisotopic (exact) mass is 259 g/mol. The number of rotatable bonds is 3. The van der Waals surface area contributed by atoms with Gasteiger partial charge in [0, 0.05) is 12.1 Å². The number of hydrogen-bond acceptors (Lipinski definition) is 1. The zero-order chi connectivity index (χ0) is 14.0. The zero-order valence-electron chi connectivity index (χ0n) is 13.2. The third-order valence-corrected chi connectivity index (χ3v) is 4.45. The summed E-state index contributed by atoms with van der Waals surface area (Å²) >= 11 is 0. The smallest absolute Gasteiger partial charge is 0.0294 e. The number of benzene rings is 1. The maximum Gasteiger partial charge on any atom is 0.0294 e. The quantitative estimate of drug-likeness (QED) is 0.817. The van der Waals surface area contributed by atoms with Crippen molar-refractivity contribution in [3.05, 3.63) is 35.4 Å². The number of hydrogen-bond donors (Lipinski definition) is 1. The molecule has 0 amide bonds. The highest BCUT2D eigenvalue weighted by molar-refractivity contribution is 5.23. The second-order valence-corrected chi connectivity index (χ2v) is 7.41. The fraction of sp³-hybridized carbons (Fsp3) is 0.667. The van der Waals surface area contributed by atoms with Crippen LogP contribution in [-0.4, -0.2) is 6.04 Å². The van der Waals surface area contributed by atoms with Crippen LogP contribution >= 0.6 is 0 Å². The SMILES string of the molecule is Cc1ccc([C@@H](C)NC2CC(C)CC(C)(C)C2)cc1. The van der Waals surface area contributed by atoms with Crippen LogP contribution in [0.1, 0.15) is 64.1 Å². The Labute approximate surface area is 118 Å². The molecule has 1 fully saturated rings. The molecule has 1 heteroatoms. The Balaban J connectivity index is 1.98. The van der Waals surface area contributed by atoms with Crippen LogP contribution in [0.3, 0.4) is 0 Å². The summed E-state index contributed by atoms with van der Waals surface area (Å²) in [5.41, 5.74) is 3.23. The van der Waals surface area contributed by atoms with E-state index in [4.69, 9.17) is 0 Å². The molecule has 2 unspecified atom stereocenters. The topological polar surface area (TPSA) is 12.0 Å². The lowest BCUT2D eigenvalue weighted by Crippen LogP contribution is -2.41. The van der Waals surface area contributed by atoms with Crippen molar-refractivity contribution >= 4 is 0 Å². The molecule has 2 rings (SSSR count). The normalized spacial score (nSPS) is 28.1. The third kappa shape index (κ3) is 4.07. The first-order valence-electron chi connectivity index (χ1n) is 7.68. The standard InChI is InChI=1S/C18H29N/c1-13-6-8-16(9-7-13)15(3)19-17-10-14(2)11-18(4,5)12-17/h6-9,14-15,17,19H,10-12H2,1-5H3/t14?,15-,17?/m1/s1. The molecule has 0 radical (unpaired) electrons. The Morgan fingerprint density at radius 1 is 1.16 bits per heavy atom. The minimum absolute atomic E-state index is 0.451. The average Bonchev–Trinajstić information content (AvgIpc) is 2.26. The first-order valence-corrected chi connectivity index (χ1v) is 7.68. The predicted octanol–water partition coefficient (Wildman–Crippen LogP) is 4.86. The molecule has 1 N–H and O–H groups in total. The summed E-state index contributed by atoms with van der Waals surface area (Å²) in [6, 6.07) is 10.0. The number of aryl methyl sites for hydroxylation is 1. The summed E-state index contributed by atoms with van der Waals surface area (Å²) < 4.78 is 0. The predicted molar refractivity (Wildman–Crippen MR) is 83.3 cm³/mol. The molecule has 0 aliphatic heterocycles. The second kappa shape index (κ2) is 5.66. The molecule has 106 valence electrons. The molecule has 3 atom stereocenters. The Morgan fingerprint density at radius 3 is 2.37 bits per heavy atom. The van der Waals surface area contributed by atoms with E-state index in [9.17, 15) is 0 Å². The molecule has 0 spiro atoms. The lowest BCUT2D eigenvalue weighted by Gasteiger charge is -2.40. The summed E-state index contributed by atoms with van der Waals surface area (Å²) in [5.74, 6) is 0.839. The van der Waals surface area contributed by atoms with Gasteiger partial charge in [0.15, 0.2) is 0 Å². The fourth-order valence-corrected chi connectivity index (χ4v) is 3.78. The van der Waals surface area contributed by atoms with Crippen LogP contribution in [0.5, 0.6) is 0 Å².